The number of hydrogen-bond acceptors (Lipinski definition) is 4. The van der Waals surface area contributed by atoms with Crippen molar-refractivity contribution in [3.05, 3.63) is 47.7 Å². The molecular formula is C21H26N4O2. The van der Waals surface area contributed by atoms with Gasteiger partial charge in [0.05, 0.1) is 5.92 Å². The van der Waals surface area contributed by atoms with Gasteiger partial charge in [-0.15, -0.1) is 0 Å². The second-order valence-corrected chi connectivity index (χ2v) is 7.68. The van der Waals surface area contributed by atoms with E-state index in [1.807, 2.05) is 23.2 Å². The summed E-state index contributed by atoms with van der Waals surface area (Å²) >= 11 is 0. The van der Waals surface area contributed by atoms with Crippen LogP contribution in [0.15, 0.2) is 35.0 Å². The molecule has 1 aromatic carbocycles. The normalized spacial score (nSPS) is 17.7. The molecule has 0 radical (unpaired) electrons. The quantitative estimate of drug-likeness (QED) is 0.740. The number of amides is 1. The van der Waals surface area contributed by atoms with Gasteiger partial charge in [0.25, 0.3) is 0 Å². The summed E-state index contributed by atoms with van der Waals surface area (Å²) in [5, 5.41) is 5.27. The Labute approximate surface area is 158 Å². The Bertz CT molecular complexity index is 927. The molecule has 0 spiro atoms. The van der Waals surface area contributed by atoms with Gasteiger partial charge in [0, 0.05) is 42.5 Å². The topological polar surface area (TPSA) is 75.0 Å². The van der Waals surface area contributed by atoms with Gasteiger partial charge in [-0.1, -0.05) is 37.2 Å². The molecule has 0 bridgehead atoms. The number of para-hydroxylation sites is 1. The largest absolute Gasteiger partial charge is 0.361 e. The molecular weight excluding hydrogens is 340 g/mol. The van der Waals surface area contributed by atoms with Gasteiger partial charge in [0.1, 0.15) is 0 Å². The molecule has 1 saturated heterocycles. The maximum Gasteiger partial charge on any atom is 0.231 e. The monoisotopic (exact) mass is 366 g/mol. The van der Waals surface area contributed by atoms with E-state index in [0.717, 1.165) is 37.1 Å². The number of carbonyl (C=O) groups is 1. The minimum atomic E-state index is 0.149. The van der Waals surface area contributed by atoms with Gasteiger partial charge in [-0.05, 0) is 30.9 Å². The number of fused-ring (bicyclic) bond motifs is 1. The molecule has 1 N–H and O–H groups in total. The Morgan fingerprint density at radius 1 is 1.37 bits per heavy atom. The van der Waals surface area contributed by atoms with Crippen molar-refractivity contribution in [3.63, 3.8) is 0 Å². The Balaban J connectivity index is 1.38. The SMILES string of the molecule is CC(C)c1noc(C2CCCN(C(=O)CCc3c[nH]c4ccccc34)C2)n1. The van der Waals surface area contributed by atoms with Crippen molar-refractivity contribution >= 4 is 16.8 Å². The van der Waals surface area contributed by atoms with E-state index >= 15 is 0 Å². The minimum absolute atomic E-state index is 0.149. The summed E-state index contributed by atoms with van der Waals surface area (Å²) in [7, 11) is 0. The van der Waals surface area contributed by atoms with E-state index < -0.39 is 0 Å². The number of H-pyrrole nitrogens is 1. The lowest BCUT2D eigenvalue weighted by Gasteiger charge is -2.31. The summed E-state index contributed by atoms with van der Waals surface area (Å²) in [4.78, 5) is 22.5. The number of nitrogens with zero attached hydrogens (tertiary/aromatic N) is 3. The summed E-state index contributed by atoms with van der Waals surface area (Å²) in [5.41, 5.74) is 2.32. The molecule has 27 heavy (non-hydrogen) atoms. The Morgan fingerprint density at radius 3 is 3.04 bits per heavy atom. The molecule has 2 aromatic heterocycles. The average Bonchev–Trinajstić information content (AvgIpc) is 3.34. The Hall–Kier alpha value is -2.63. The molecule has 3 heterocycles. The van der Waals surface area contributed by atoms with Crippen LogP contribution in [0.25, 0.3) is 10.9 Å². The van der Waals surface area contributed by atoms with E-state index in [1.165, 1.54) is 10.9 Å². The lowest BCUT2D eigenvalue weighted by Crippen LogP contribution is -2.39. The van der Waals surface area contributed by atoms with E-state index in [9.17, 15) is 4.79 Å². The first-order valence-corrected chi connectivity index (χ1v) is 9.78. The molecule has 1 aliphatic rings. The molecule has 142 valence electrons. The molecule has 6 heteroatoms. The summed E-state index contributed by atoms with van der Waals surface area (Å²) in [6.07, 6.45) is 5.26. The Morgan fingerprint density at radius 2 is 2.22 bits per heavy atom. The highest BCUT2D eigenvalue weighted by atomic mass is 16.5. The second-order valence-electron chi connectivity index (χ2n) is 7.68. The van der Waals surface area contributed by atoms with E-state index in [4.69, 9.17) is 4.52 Å². The van der Waals surface area contributed by atoms with Gasteiger partial charge < -0.3 is 14.4 Å². The zero-order chi connectivity index (χ0) is 18.8. The number of benzene rings is 1. The number of hydrogen-bond donors (Lipinski definition) is 1. The van der Waals surface area contributed by atoms with Crippen LogP contribution in [0, 0.1) is 0 Å². The van der Waals surface area contributed by atoms with E-state index in [1.54, 1.807) is 0 Å². The lowest BCUT2D eigenvalue weighted by molar-refractivity contribution is -0.132. The molecule has 1 atom stereocenters. The molecule has 6 nitrogen and oxygen atoms in total. The molecule has 1 aliphatic heterocycles. The fourth-order valence-corrected chi connectivity index (χ4v) is 3.79. The maximum atomic E-state index is 12.8. The third-order valence-corrected chi connectivity index (χ3v) is 5.38. The highest BCUT2D eigenvalue weighted by Gasteiger charge is 2.28. The van der Waals surface area contributed by atoms with Gasteiger partial charge in [0.15, 0.2) is 5.82 Å². The Kier molecular flexibility index (Phi) is 4.97. The van der Waals surface area contributed by atoms with Crippen molar-refractivity contribution in [1.29, 1.82) is 0 Å². The number of aryl methyl sites for hydroxylation is 1. The van der Waals surface area contributed by atoms with Crippen LogP contribution in [0.2, 0.25) is 0 Å². The number of likely N-dealkylation sites (tertiary alicyclic amines) is 1. The highest BCUT2D eigenvalue weighted by Crippen LogP contribution is 2.27. The van der Waals surface area contributed by atoms with Gasteiger partial charge in [0.2, 0.25) is 11.8 Å². The number of rotatable bonds is 5. The molecule has 1 fully saturated rings. The first-order valence-electron chi connectivity index (χ1n) is 9.78. The minimum Gasteiger partial charge on any atom is -0.361 e. The number of carbonyl (C=O) groups excluding carboxylic acids is 1. The van der Waals surface area contributed by atoms with Crippen molar-refractivity contribution < 1.29 is 9.32 Å². The predicted octanol–water partition coefficient (Wildman–Crippen LogP) is 4.01. The van der Waals surface area contributed by atoms with Gasteiger partial charge in [-0.25, -0.2) is 0 Å². The van der Waals surface area contributed by atoms with E-state index in [-0.39, 0.29) is 17.7 Å². The number of piperidine rings is 1. The van der Waals surface area contributed by atoms with Crippen LogP contribution in [-0.4, -0.2) is 39.0 Å². The zero-order valence-electron chi connectivity index (χ0n) is 15.9. The predicted molar refractivity (Wildman–Crippen MR) is 104 cm³/mol. The molecule has 3 aromatic rings. The van der Waals surface area contributed by atoms with E-state index in [0.29, 0.717) is 18.9 Å². The highest BCUT2D eigenvalue weighted by molar-refractivity contribution is 5.84. The third-order valence-electron chi connectivity index (χ3n) is 5.38. The van der Waals surface area contributed by atoms with Crippen molar-refractivity contribution in [3.8, 4) is 0 Å². The van der Waals surface area contributed by atoms with Crippen LogP contribution in [0.5, 0.6) is 0 Å². The van der Waals surface area contributed by atoms with Crippen molar-refractivity contribution in [1.82, 2.24) is 20.0 Å². The number of aromatic amines is 1. The fourth-order valence-electron chi connectivity index (χ4n) is 3.79. The lowest BCUT2D eigenvalue weighted by atomic mass is 9.97. The first kappa shape index (κ1) is 17.8. The van der Waals surface area contributed by atoms with Gasteiger partial charge in [-0.2, -0.15) is 4.98 Å². The van der Waals surface area contributed by atoms with Crippen molar-refractivity contribution in [2.24, 2.45) is 0 Å². The standard InChI is InChI=1S/C21H26N4O2/c1-14(2)20-23-21(27-24-20)16-6-5-11-25(13-16)19(26)10-9-15-12-22-18-8-4-3-7-17(15)18/h3-4,7-8,12,14,16,22H,5-6,9-11,13H2,1-2H3. The molecule has 0 aliphatic carbocycles. The summed E-state index contributed by atoms with van der Waals surface area (Å²) in [6.45, 7) is 5.59. The fraction of sp³-hybridized carbons (Fsp3) is 0.476. The van der Waals surface area contributed by atoms with E-state index in [2.05, 4.69) is 41.1 Å². The van der Waals surface area contributed by atoms with Crippen LogP contribution in [0.3, 0.4) is 0 Å². The molecule has 4 rings (SSSR count). The number of aromatic nitrogens is 3. The van der Waals surface area contributed by atoms with Crippen LogP contribution in [-0.2, 0) is 11.2 Å². The van der Waals surface area contributed by atoms with Crippen molar-refractivity contribution in [2.75, 3.05) is 13.1 Å². The van der Waals surface area contributed by atoms with Crippen LogP contribution < -0.4 is 0 Å². The van der Waals surface area contributed by atoms with Crippen LogP contribution >= 0.6 is 0 Å². The summed E-state index contributed by atoms with van der Waals surface area (Å²) in [5.74, 6) is 2.02. The molecule has 0 saturated carbocycles. The van der Waals surface area contributed by atoms with Crippen LogP contribution in [0.4, 0.5) is 0 Å². The average molecular weight is 366 g/mol. The molecule has 1 amide bonds. The van der Waals surface area contributed by atoms with Crippen LogP contribution in [0.1, 0.15) is 62.2 Å². The maximum absolute atomic E-state index is 12.8. The van der Waals surface area contributed by atoms with Crippen molar-refractivity contribution in [2.45, 2.75) is 51.4 Å². The summed E-state index contributed by atoms with van der Waals surface area (Å²) < 4.78 is 5.46. The smallest absolute Gasteiger partial charge is 0.231 e. The molecule has 1 unspecified atom stereocenters. The summed E-state index contributed by atoms with van der Waals surface area (Å²) in [6, 6.07) is 8.21. The second kappa shape index (κ2) is 7.55. The van der Waals surface area contributed by atoms with Gasteiger partial charge in [-0.3, -0.25) is 4.79 Å². The third kappa shape index (κ3) is 3.75. The zero-order valence-corrected chi connectivity index (χ0v) is 15.9. The first-order chi connectivity index (χ1) is 13.1. The van der Waals surface area contributed by atoms with Gasteiger partial charge >= 0.3 is 0 Å². The number of nitrogens with one attached hydrogen (secondary N) is 1.